The van der Waals surface area contributed by atoms with Crippen molar-refractivity contribution in [1.82, 2.24) is 20.1 Å². The van der Waals surface area contributed by atoms with Crippen LogP contribution in [0, 0.1) is 0 Å². The van der Waals surface area contributed by atoms with Crippen LogP contribution in [0.15, 0.2) is 0 Å². The fourth-order valence-corrected chi connectivity index (χ4v) is 3.56. The van der Waals surface area contributed by atoms with Crippen LogP contribution in [0.4, 0.5) is 4.79 Å². The number of hydrogen-bond donors (Lipinski definition) is 2. The van der Waals surface area contributed by atoms with Gasteiger partial charge in [-0.2, -0.15) is 0 Å². The van der Waals surface area contributed by atoms with Gasteiger partial charge in [0.25, 0.3) is 0 Å². The van der Waals surface area contributed by atoms with Crippen LogP contribution in [0.3, 0.4) is 0 Å². The molecule has 21 heavy (non-hydrogen) atoms. The van der Waals surface area contributed by atoms with Crippen LogP contribution in [0.1, 0.15) is 49.7 Å². The summed E-state index contributed by atoms with van der Waals surface area (Å²) >= 11 is 0. The highest BCUT2D eigenvalue weighted by Crippen LogP contribution is 2.33. The molecular formula is C14H22N4O3. The molecule has 2 heterocycles. The van der Waals surface area contributed by atoms with Crippen molar-refractivity contribution in [2.45, 2.75) is 63.1 Å². The molecule has 116 valence electrons. The van der Waals surface area contributed by atoms with Gasteiger partial charge in [0.1, 0.15) is 11.6 Å². The lowest BCUT2D eigenvalue weighted by Gasteiger charge is -2.30. The minimum absolute atomic E-state index is 0.0320. The molecule has 1 aromatic heterocycles. The third-order valence-electron chi connectivity index (χ3n) is 4.64. The fourth-order valence-electron chi connectivity index (χ4n) is 3.56. The van der Waals surface area contributed by atoms with E-state index >= 15 is 0 Å². The van der Waals surface area contributed by atoms with Crippen LogP contribution in [-0.2, 0) is 17.7 Å². The first kappa shape index (κ1) is 14.3. The number of amides is 1. The Morgan fingerprint density at radius 2 is 2.24 bits per heavy atom. The van der Waals surface area contributed by atoms with E-state index in [1.807, 2.05) is 0 Å². The van der Waals surface area contributed by atoms with E-state index in [0.717, 1.165) is 56.7 Å². The van der Waals surface area contributed by atoms with Crippen molar-refractivity contribution in [3.63, 3.8) is 0 Å². The second-order valence-electron chi connectivity index (χ2n) is 5.99. The highest BCUT2D eigenvalue weighted by molar-refractivity contribution is 5.64. The first-order valence-corrected chi connectivity index (χ1v) is 7.61. The lowest BCUT2D eigenvalue weighted by molar-refractivity contribution is 0.0788. The topological polar surface area (TPSA) is 89.3 Å². The van der Waals surface area contributed by atoms with Crippen molar-refractivity contribution in [1.29, 1.82) is 0 Å². The van der Waals surface area contributed by atoms with Crippen LogP contribution in [0.2, 0.25) is 0 Å². The molecular weight excluding hydrogens is 272 g/mol. The summed E-state index contributed by atoms with van der Waals surface area (Å²) in [6.45, 7) is 0.893. The van der Waals surface area contributed by atoms with Gasteiger partial charge in [0.05, 0.1) is 6.10 Å². The second-order valence-corrected chi connectivity index (χ2v) is 5.99. The van der Waals surface area contributed by atoms with Gasteiger partial charge >= 0.3 is 6.09 Å². The van der Waals surface area contributed by atoms with Gasteiger partial charge in [0, 0.05) is 32.0 Å². The van der Waals surface area contributed by atoms with Crippen LogP contribution < -0.4 is 5.32 Å². The Bertz CT molecular complexity index is 516. The molecule has 1 saturated carbocycles. The number of methoxy groups -OCH3 is 1. The van der Waals surface area contributed by atoms with Crippen molar-refractivity contribution >= 4 is 6.09 Å². The number of nitrogens with zero attached hydrogens (tertiary/aromatic N) is 3. The summed E-state index contributed by atoms with van der Waals surface area (Å²) in [5, 5.41) is 20.2. The smallest absolute Gasteiger partial charge is 0.404 e. The predicted molar refractivity (Wildman–Crippen MR) is 75.3 cm³/mol. The van der Waals surface area contributed by atoms with Crippen LogP contribution in [-0.4, -0.2) is 45.2 Å². The average molecular weight is 294 g/mol. The maximum absolute atomic E-state index is 10.8. The highest BCUT2D eigenvalue weighted by Gasteiger charge is 2.30. The zero-order chi connectivity index (χ0) is 14.8. The first-order chi connectivity index (χ1) is 10.2. The lowest BCUT2D eigenvalue weighted by atomic mass is 9.85. The van der Waals surface area contributed by atoms with E-state index in [1.54, 1.807) is 7.11 Å². The van der Waals surface area contributed by atoms with E-state index < -0.39 is 6.09 Å². The molecule has 0 radical (unpaired) electrons. The normalized spacial score (nSPS) is 28.9. The molecule has 0 spiro atoms. The predicted octanol–water partition coefficient (Wildman–Crippen LogP) is 1.53. The third-order valence-corrected chi connectivity index (χ3v) is 4.64. The average Bonchev–Trinajstić information content (AvgIpc) is 2.89. The number of rotatable bonds is 3. The summed E-state index contributed by atoms with van der Waals surface area (Å²) in [6, 6.07) is 0.0320. The van der Waals surface area contributed by atoms with Crippen LogP contribution >= 0.6 is 0 Å². The van der Waals surface area contributed by atoms with Crippen molar-refractivity contribution in [2.75, 3.05) is 7.11 Å². The number of fused-ring (bicyclic) bond motifs is 1. The molecule has 1 amide bonds. The third kappa shape index (κ3) is 3.02. The van der Waals surface area contributed by atoms with Gasteiger partial charge < -0.3 is 19.7 Å². The Morgan fingerprint density at radius 1 is 1.38 bits per heavy atom. The van der Waals surface area contributed by atoms with Crippen molar-refractivity contribution in [3.05, 3.63) is 11.6 Å². The summed E-state index contributed by atoms with van der Waals surface area (Å²) < 4.78 is 7.62. The highest BCUT2D eigenvalue weighted by atomic mass is 16.5. The summed E-state index contributed by atoms with van der Waals surface area (Å²) in [4.78, 5) is 10.8. The second kappa shape index (κ2) is 6.01. The number of hydrogen-bond acceptors (Lipinski definition) is 4. The van der Waals surface area contributed by atoms with Gasteiger partial charge in [0.15, 0.2) is 0 Å². The molecule has 7 nitrogen and oxygen atoms in total. The van der Waals surface area contributed by atoms with Gasteiger partial charge in [-0.3, -0.25) is 0 Å². The molecule has 1 fully saturated rings. The number of nitrogens with one attached hydrogen (secondary N) is 1. The van der Waals surface area contributed by atoms with Crippen LogP contribution in [0.25, 0.3) is 0 Å². The van der Waals surface area contributed by atoms with E-state index in [1.165, 1.54) is 0 Å². The van der Waals surface area contributed by atoms with Crippen molar-refractivity contribution in [2.24, 2.45) is 0 Å². The monoisotopic (exact) mass is 294 g/mol. The quantitative estimate of drug-likeness (QED) is 0.882. The van der Waals surface area contributed by atoms with Crippen molar-refractivity contribution in [3.8, 4) is 0 Å². The Morgan fingerprint density at radius 3 is 3.00 bits per heavy atom. The number of carbonyl (C=O) groups is 1. The molecule has 1 aliphatic heterocycles. The summed E-state index contributed by atoms with van der Waals surface area (Å²) in [6.07, 6.45) is 4.91. The lowest BCUT2D eigenvalue weighted by Crippen LogP contribution is -2.37. The molecule has 0 aromatic carbocycles. The van der Waals surface area contributed by atoms with E-state index in [-0.39, 0.29) is 12.1 Å². The molecule has 1 aromatic rings. The number of carboxylic acid groups (broad SMARTS) is 1. The van der Waals surface area contributed by atoms with Gasteiger partial charge in [-0.05, 0) is 25.7 Å². The number of aromatic nitrogens is 3. The maximum atomic E-state index is 10.8. The zero-order valence-corrected chi connectivity index (χ0v) is 12.3. The molecule has 2 aliphatic rings. The minimum Gasteiger partial charge on any atom is -0.465 e. The summed E-state index contributed by atoms with van der Waals surface area (Å²) in [7, 11) is 1.74. The maximum Gasteiger partial charge on any atom is 0.404 e. The minimum atomic E-state index is -0.938. The zero-order valence-electron chi connectivity index (χ0n) is 12.3. The standard InChI is InChI=1S/C14H22N4O3/c1-21-11-5-6-18-12(8-11)16-17-13(18)9-3-2-4-10(7-9)15-14(19)20/h9-11,15H,2-8H2,1H3,(H,19,20)/t9-,10?,11?/m0/s1. The van der Waals surface area contributed by atoms with Gasteiger partial charge in [-0.1, -0.05) is 6.42 Å². The summed E-state index contributed by atoms with van der Waals surface area (Å²) in [5.41, 5.74) is 0. The van der Waals surface area contributed by atoms with Gasteiger partial charge in [-0.25, -0.2) is 4.79 Å². The molecule has 3 atom stereocenters. The van der Waals surface area contributed by atoms with E-state index in [0.29, 0.717) is 5.92 Å². The molecule has 2 unspecified atom stereocenters. The van der Waals surface area contributed by atoms with E-state index in [9.17, 15) is 4.79 Å². The van der Waals surface area contributed by atoms with Crippen molar-refractivity contribution < 1.29 is 14.6 Å². The molecule has 3 rings (SSSR count). The van der Waals surface area contributed by atoms with Gasteiger partial charge in [-0.15, -0.1) is 10.2 Å². The number of ether oxygens (including phenoxy) is 1. The van der Waals surface area contributed by atoms with Crippen LogP contribution in [0.5, 0.6) is 0 Å². The van der Waals surface area contributed by atoms with Gasteiger partial charge in [0.2, 0.25) is 0 Å². The van der Waals surface area contributed by atoms with E-state index in [2.05, 4.69) is 20.1 Å². The fraction of sp³-hybridized carbons (Fsp3) is 0.786. The SMILES string of the molecule is COC1CCn2c(nnc2[C@H]2CCCC(NC(=O)O)C2)C1. The molecule has 0 bridgehead atoms. The first-order valence-electron chi connectivity index (χ1n) is 7.61. The Labute approximate surface area is 123 Å². The Hall–Kier alpha value is -1.63. The summed E-state index contributed by atoms with van der Waals surface area (Å²) in [5.74, 6) is 2.32. The molecule has 0 saturated heterocycles. The van der Waals surface area contributed by atoms with E-state index in [4.69, 9.17) is 9.84 Å². The Kier molecular flexibility index (Phi) is 4.10. The molecule has 7 heteroatoms. The Balaban J connectivity index is 1.72. The largest absolute Gasteiger partial charge is 0.465 e. The molecule has 1 aliphatic carbocycles. The molecule has 2 N–H and O–H groups in total.